The van der Waals surface area contributed by atoms with E-state index in [1.54, 1.807) is 25.1 Å². The van der Waals surface area contributed by atoms with Gasteiger partial charge in [0.1, 0.15) is 29.2 Å². The average molecular weight is 440 g/mol. The summed E-state index contributed by atoms with van der Waals surface area (Å²) >= 11 is 0. The van der Waals surface area contributed by atoms with E-state index in [0.29, 0.717) is 22.4 Å². The van der Waals surface area contributed by atoms with E-state index in [2.05, 4.69) is 16.8 Å². The zero-order valence-electron chi connectivity index (χ0n) is 17.1. The van der Waals surface area contributed by atoms with E-state index < -0.39 is 16.0 Å². The van der Waals surface area contributed by atoms with Crippen molar-refractivity contribution in [3.8, 4) is 23.3 Å². The van der Waals surface area contributed by atoms with Crippen molar-refractivity contribution >= 4 is 32.6 Å². The van der Waals surface area contributed by atoms with Crippen LogP contribution in [0.2, 0.25) is 0 Å². The second kappa shape index (κ2) is 8.93. The molecule has 0 spiro atoms. The Kier molecular flexibility index (Phi) is 6.32. The van der Waals surface area contributed by atoms with Crippen LogP contribution < -0.4 is 13.8 Å². The molecule has 0 bridgehead atoms. The number of aromatic carboxylic acids is 1. The van der Waals surface area contributed by atoms with Gasteiger partial charge in [0, 0.05) is 18.6 Å². The molecule has 0 aliphatic rings. The summed E-state index contributed by atoms with van der Waals surface area (Å²) in [6.45, 7) is 1.88. The Balaban J connectivity index is 2.10. The number of carbonyl (C=O) groups is 1. The molecule has 160 valence electrons. The fraction of sp³-hybridized carbons (Fsp3) is 0.182. The fourth-order valence-electron chi connectivity index (χ4n) is 3.02. The van der Waals surface area contributed by atoms with Crippen molar-refractivity contribution < 1.29 is 27.8 Å². The third-order valence-electron chi connectivity index (χ3n) is 4.57. The Labute approximate surface area is 180 Å². The van der Waals surface area contributed by atoms with Gasteiger partial charge in [-0.25, -0.2) is 13.2 Å². The van der Waals surface area contributed by atoms with Crippen LogP contribution in [0.3, 0.4) is 0 Å². The highest BCUT2D eigenvalue weighted by molar-refractivity contribution is 7.92. The standard InChI is InChI=1S/C22H20N2O6S/c1-4-5-13-30-15-9-11-16(12-10-15)31(27,28)24(2)21-17-7-6-8-19(29-3)20(17)23-14-18(21)22(25)26/h6-12,14H,13H2,1-3H3,(H,25,26). The highest BCUT2D eigenvalue weighted by Gasteiger charge is 2.28. The topological polar surface area (TPSA) is 106 Å². The minimum atomic E-state index is -4.08. The number of aromatic nitrogens is 1. The summed E-state index contributed by atoms with van der Waals surface area (Å²) in [6, 6.07) is 10.7. The van der Waals surface area contributed by atoms with Crippen LogP contribution in [0.5, 0.6) is 11.5 Å². The van der Waals surface area contributed by atoms with E-state index in [1.807, 2.05) is 0 Å². The molecule has 31 heavy (non-hydrogen) atoms. The predicted molar refractivity (Wildman–Crippen MR) is 116 cm³/mol. The van der Waals surface area contributed by atoms with Crippen LogP contribution in [-0.2, 0) is 10.0 Å². The number of pyridine rings is 1. The van der Waals surface area contributed by atoms with Crippen LogP contribution in [0.4, 0.5) is 5.69 Å². The zero-order valence-corrected chi connectivity index (χ0v) is 17.9. The monoisotopic (exact) mass is 440 g/mol. The summed E-state index contributed by atoms with van der Waals surface area (Å²) in [5, 5.41) is 9.99. The Morgan fingerprint density at radius 3 is 2.52 bits per heavy atom. The first-order chi connectivity index (χ1) is 14.8. The number of benzene rings is 2. The minimum absolute atomic E-state index is 0.00468. The van der Waals surface area contributed by atoms with Crippen molar-refractivity contribution in [1.82, 2.24) is 4.98 Å². The second-order valence-electron chi connectivity index (χ2n) is 6.34. The van der Waals surface area contributed by atoms with Gasteiger partial charge in [0.25, 0.3) is 10.0 Å². The molecule has 0 saturated heterocycles. The molecule has 1 N–H and O–H groups in total. The van der Waals surface area contributed by atoms with Gasteiger partial charge in [-0.05, 0) is 37.3 Å². The molecule has 9 heteroatoms. The molecular weight excluding hydrogens is 420 g/mol. The van der Waals surface area contributed by atoms with E-state index in [4.69, 9.17) is 9.47 Å². The van der Waals surface area contributed by atoms with Crippen LogP contribution in [-0.4, -0.2) is 45.2 Å². The van der Waals surface area contributed by atoms with Gasteiger partial charge in [-0.1, -0.05) is 18.1 Å². The molecule has 0 saturated carbocycles. The zero-order chi connectivity index (χ0) is 22.6. The van der Waals surface area contributed by atoms with E-state index in [0.717, 1.165) is 10.5 Å². The number of nitrogens with zero attached hydrogens (tertiary/aromatic N) is 2. The Morgan fingerprint density at radius 1 is 1.19 bits per heavy atom. The van der Waals surface area contributed by atoms with Crippen molar-refractivity contribution in [2.24, 2.45) is 0 Å². The highest BCUT2D eigenvalue weighted by atomic mass is 32.2. The van der Waals surface area contributed by atoms with Crippen molar-refractivity contribution in [1.29, 1.82) is 0 Å². The molecule has 0 radical (unpaired) electrons. The van der Waals surface area contributed by atoms with Crippen LogP contribution in [0, 0.1) is 11.8 Å². The van der Waals surface area contributed by atoms with Gasteiger partial charge in [0.2, 0.25) is 0 Å². The number of ether oxygens (including phenoxy) is 2. The molecule has 0 aliphatic heterocycles. The van der Waals surface area contributed by atoms with Crippen LogP contribution in [0.15, 0.2) is 53.6 Å². The van der Waals surface area contributed by atoms with Crippen molar-refractivity contribution in [2.75, 3.05) is 25.1 Å². The Hall–Kier alpha value is -3.77. The number of methoxy groups -OCH3 is 1. The summed E-state index contributed by atoms with van der Waals surface area (Å²) in [7, 11) is -1.32. The summed E-state index contributed by atoms with van der Waals surface area (Å²) in [5.41, 5.74) is 0.104. The smallest absolute Gasteiger partial charge is 0.339 e. The van der Waals surface area contributed by atoms with Crippen molar-refractivity contribution in [3.63, 3.8) is 0 Å². The third kappa shape index (κ3) is 4.25. The highest BCUT2D eigenvalue weighted by Crippen LogP contribution is 2.36. The average Bonchev–Trinajstić information content (AvgIpc) is 2.77. The molecule has 3 aromatic rings. The number of para-hydroxylation sites is 1. The third-order valence-corrected chi connectivity index (χ3v) is 6.34. The summed E-state index contributed by atoms with van der Waals surface area (Å²) < 4.78 is 38.2. The van der Waals surface area contributed by atoms with Gasteiger partial charge < -0.3 is 14.6 Å². The van der Waals surface area contributed by atoms with E-state index in [-0.39, 0.29) is 22.8 Å². The molecule has 1 heterocycles. The molecular formula is C22H20N2O6S. The van der Waals surface area contributed by atoms with Gasteiger partial charge >= 0.3 is 5.97 Å². The number of carboxylic acids is 1. The Bertz CT molecular complexity index is 1290. The fourth-order valence-corrected chi connectivity index (χ4v) is 4.25. The first kappa shape index (κ1) is 21.9. The first-order valence-electron chi connectivity index (χ1n) is 9.11. The second-order valence-corrected chi connectivity index (χ2v) is 8.31. The molecule has 0 unspecified atom stereocenters. The lowest BCUT2D eigenvalue weighted by Crippen LogP contribution is -2.28. The van der Waals surface area contributed by atoms with Gasteiger partial charge in [-0.15, -0.1) is 5.92 Å². The summed E-state index contributed by atoms with van der Waals surface area (Å²) in [6.07, 6.45) is 1.13. The number of carboxylic acid groups (broad SMARTS) is 1. The number of anilines is 1. The molecule has 0 fully saturated rings. The summed E-state index contributed by atoms with van der Waals surface area (Å²) in [5.74, 6) is 5.03. The SMILES string of the molecule is CC#CCOc1ccc(S(=O)(=O)N(C)c2c(C(=O)O)cnc3c(OC)cccc23)cc1. The maximum absolute atomic E-state index is 13.3. The lowest BCUT2D eigenvalue weighted by atomic mass is 10.1. The van der Waals surface area contributed by atoms with Gasteiger partial charge in [-0.2, -0.15) is 0 Å². The van der Waals surface area contributed by atoms with E-state index >= 15 is 0 Å². The quantitative estimate of drug-likeness (QED) is 0.563. The predicted octanol–water partition coefficient (Wildman–Crippen LogP) is 3.17. The van der Waals surface area contributed by atoms with Crippen LogP contribution in [0.1, 0.15) is 17.3 Å². The van der Waals surface area contributed by atoms with E-state index in [1.165, 1.54) is 38.4 Å². The number of rotatable bonds is 7. The number of hydrogen-bond donors (Lipinski definition) is 1. The lowest BCUT2D eigenvalue weighted by molar-refractivity contribution is 0.0697. The Morgan fingerprint density at radius 2 is 1.90 bits per heavy atom. The first-order valence-corrected chi connectivity index (χ1v) is 10.6. The molecule has 8 nitrogen and oxygen atoms in total. The molecule has 3 rings (SSSR count). The molecule has 2 aromatic carbocycles. The molecule has 0 amide bonds. The van der Waals surface area contributed by atoms with Gasteiger partial charge in [-0.3, -0.25) is 9.29 Å². The maximum atomic E-state index is 13.3. The van der Waals surface area contributed by atoms with Crippen molar-refractivity contribution in [3.05, 3.63) is 54.2 Å². The van der Waals surface area contributed by atoms with Gasteiger partial charge in [0.15, 0.2) is 0 Å². The van der Waals surface area contributed by atoms with Gasteiger partial charge in [0.05, 0.1) is 17.7 Å². The van der Waals surface area contributed by atoms with E-state index in [9.17, 15) is 18.3 Å². The number of fused-ring (bicyclic) bond motifs is 1. The lowest BCUT2D eigenvalue weighted by Gasteiger charge is -2.23. The largest absolute Gasteiger partial charge is 0.494 e. The normalized spacial score (nSPS) is 10.8. The summed E-state index contributed by atoms with van der Waals surface area (Å²) in [4.78, 5) is 16.0. The minimum Gasteiger partial charge on any atom is -0.494 e. The van der Waals surface area contributed by atoms with Crippen LogP contribution in [0.25, 0.3) is 10.9 Å². The van der Waals surface area contributed by atoms with Crippen molar-refractivity contribution in [2.45, 2.75) is 11.8 Å². The molecule has 1 aromatic heterocycles. The number of sulfonamides is 1. The molecule has 0 atom stereocenters. The van der Waals surface area contributed by atoms with Crippen LogP contribution >= 0.6 is 0 Å². The maximum Gasteiger partial charge on any atom is 0.339 e. The molecule has 0 aliphatic carbocycles. The number of hydrogen-bond acceptors (Lipinski definition) is 6.